The van der Waals surface area contributed by atoms with E-state index in [0.717, 1.165) is 0 Å². The predicted molar refractivity (Wildman–Crippen MR) is 66.7 cm³/mol. The van der Waals surface area contributed by atoms with Gasteiger partial charge in [-0.2, -0.15) is 0 Å². The van der Waals surface area contributed by atoms with Crippen molar-refractivity contribution in [2.24, 2.45) is 0 Å². The first kappa shape index (κ1) is 13.0. The molecule has 0 spiro atoms. The largest absolute Gasteiger partial charge is 0.494 e. The lowest BCUT2D eigenvalue weighted by molar-refractivity contribution is 0.365. The maximum absolute atomic E-state index is 11.9. The van der Waals surface area contributed by atoms with Gasteiger partial charge in [-0.15, -0.1) is 0 Å². The standard InChI is InChI=1S/C11H18N2O2S/c1-6(2)12-9(14)8(5)10(15)13(7(3)4)11(12)16/h6-7,14H,1-5H3. The van der Waals surface area contributed by atoms with Gasteiger partial charge in [0.25, 0.3) is 5.56 Å². The van der Waals surface area contributed by atoms with Crippen LogP contribution < -0.4 is 5.56 Å². The Morgan fingerprint density at radius 1 is 1.12 bits per heavy atom. The van der Waals surface area contributed by atoms with Gasteiger partial charge in [-0.1, -0.05) is 0 Å². The molecule has 90 valence electrons. The number of hydrogen-bond donors (Lipinski definition) is 1. The summed E-state index contributed by atoms with van der Waals surface area (Å²) in [5, 5.41) is 9.92. The molecule has 0 fully saturated rings. The molecule has 1 rings (SSSR count). The van der Waals surface area contributed by atoms with Gasteiger partial charge in [0.05, 0.1) is 5.56 Å². The molecule has 16 heavy (non-hydrogen) atoms. The number of rotatable bonds is 2. The molecule has 5 heteroatoms. The minimum Gasteiger partial charge on any atom is -0.494 e. The van der Waals surface area contributed by atoms with Crippen LogP contribution >= 0.6 is 12.2 Å². The molecule has 0 saturated carbocycles. The third-order valence-electron chi connectivity index (χ3n) is 2.55. The van der Waals surface area contributed by atoms with Gasteiger partial charge in [0.1, 0.15) is 0 Å². The lowest BCUT2D eigenvalue weighted by Gasteiger charge is -2.20. The van der Waals surface area contributed by atoms with Crippen LogP contribution in [0.15, 0.2) is 4.79 Å². The maximum Gasteiger partial charge on any atom is 0.261 e. The highest BCUT2D eigenvalue weighted by atomic mass is 32.1. The van der Waals surface area contributed by atoms with Gasteiger partial charge < -0.3 is 5.11 Å². The van der Waals surface area contributed by atoms with Crippen LogP contribution in [-0.2, 0) is 0 Å². The van der Waals surface area contributed by atoms with Gasteiger partial charge in [-0.3, -0.25) is 13.9 Å². The van der Waals surface area contributed by atoms with Crippen molar-refractivity contribution in [3.05, 3.63) is 20.7 Å². The van der Waals surface area contributed by atoms with Crippen molar-refractivity contribution in [2.45, 2.75) is 46.7 Å². The maximum atomic E-state index is 11.9. The van der Waals surface area contributed by atoms with E-state index in [-0.39, 0.29) is 23.5 Å². The molecule has 0 aliphatic rings. The van der Waals surface area contributed by atoms with Crippen LogP contribution in [0.25, 0.3) is 0 Å². The zero-order valence-corrected chi connectivity index (χ0v) is 11.1. The van der Waals surface area contributed by atoms with E-state index in [2.05, 4.69) is 0 Å². The van der Waals surface area contributed by atoms with Crippen molar-refractivity contribution in [2.75, 3.05) is 0 Å². The van der Waals surface area contributed by atoms with Crippen LogP contribution in [-0.4, -0.2) is 14.2 Å². The van der Waals surface area contributed by atoms with Crippen LogP contribution in [0.1, 0.15) is 45.3 Å². The van der Waals surface area contributed by atoms with Crippen molar-refractivity contribution < 1.29 is 5.11 Å². The summed E-state index contributed by atoms with van der Waals surface area (Å²) in [5.41, 5.74) is 0.130. The van der Waals surface area contributed by atoms with Crippen molar-refractivity contribution in [3.63, 3.8) is 0 Å². The number of aromatic nitrogens is 2. The average Bonchev–Trinajstić information content (AvgIpc) is 2.13. The second-order valence-electron chi connectivity index (χ2n) is 4.46. The van der Waals surface area contributed by atoms with Gasteiger partial charge in [-0.25, -0.2) is 0 Å². The fourth-order valence-corrected chi connectivity index (χ4v) is 2.26. The molecule has 1 aromatic heterocycles. The summed E-state index contributed by atoms with van der Waals surface area (Å²) < 4.78 is 3.51. The first-order chi connectivity index (χ1) is 7.29. The third-order valence-corrected chi connectivity index (χ3v) is 2.94. The summed E-state index contributed by atoms with van der Waals surface area (Å²) in [6.07, 6.45) is 0. The van der Waals surface area contributed by atoms with Crippen LogP contribution in [0.2, 0.25) is 0 Å². The Kier molecular flexibility index (Phi) is 3.57. The first-order valence-electron chi connectivity index (χ1n) is 5.35. The Balaban J connectivity index is 3.81. The zero-order valence-electron chi connectivity index (χ0n) is 10.3. The summed E-state index contributed by atoms with van der Waals surface area (Å²) in [5.74, 6) is -0.0260. The number of aromatic hydroxyl groups is 1. The Morgan fingerprint density at radius 3 is 1.94 bits per heavy atom. The Bertz CT molecular complexity index is 512. The topological polar surface area (TPSA) is 47.2 Å². The van der Waals surface area contributed by atoms with Crippen LogP contribution in [0, 0.1) is 11.7 Å². The minimum absolute atomic E-state index is 0.00991. The Hall–Kier alpha value is -1.10. The van der Waals surface area contributed by atoms with Crippen molar-refractivity contribution in [3.8, 4) is 5.88 Å². The molecule has 1 aromatic rings. The van der Waals surface area contributed by atoms with Gasteiger partial charge in [0.15, 0.2) is 4.77 Å². The molecule has 0 radical (unpaired) electrons. The fraction of sp³-hybridized carbons (Fsp3) is 0.636. The molecule has 0 saturated heterocycles. The highest BCUT2D eigenvalue weighted by Crippen LogP contribution is 2.20. The third kappa shape index (κ3) is 1.91. The molecule has 0 amide bonds. The van der Waals surface area contributed by atoms with Crippen molar-refractivity contribution >= 4 is 12.2 Å². The molecule has 0 unspecified atom stereocenters. The molecule has 1 N–H and O–H groups in total. The monoisotopic (exact) mass is 242 g/mol. The molecule has 4 nitrogen and oxygen atoms in total. The van der Waals surface area contributed by atoms with E-state index in [1.165, 1.54) is 4.57 Å². The molecule has 0 bridgehead atoms. The lowest BCUT2D eigenvalue weighted by Crippen LogP contribution is -2.29. The summed E-state index contributed by atoms with van der Waals surface area (Å²) in [4.78, 5) is 11.9. The molecule has 0 aromatic carbocycles. The second kappa shape index (κ2) is 4.41. The van der Waals surface area contributed by atoms with Crippen LogP contribution in [0.4, 0.5) is 0 Å². The van der Waals surface area contributed by atoms with Gasteiger partial charge in [0.2, 0.25) is 5.88 Å². The summed E-state index contributed by atoms with van der Waals surface area (Å²) in [6.45, 7) is 9.26. The van der Waals surface area contributed by atoms with Crippen molar-refractivity contribution in [1.82, 2.24) is 9.13 Å². The molecule has 0 atom stereocenters. The average molecular weight is 242 g/mol. The Morgan fingerprint density at radius 2 is 1.56 bits per heavy atom. The van der Waals surface area contributed by atoms with E-state index in [0.29, 0.717) is 10.3 Å². The summed E-state index contributed by atoms with van der Waals surface area (Å²) in [6, 6.07) is 0.0149. The minimum atomic E-state index is -0.214. The molecule has 0 aliphatic heterocycles. The fourth-order valence-electron chi connectivity index (χ4n) is 1.67. The molecule has 1 heterocycles. The van der Waals surface area contributed by atoms with E-state index < -0.39 is 0 Å². The quantitative estimate of drug-likeness (QED) is 0.811. The van der Waals surface area contributed by atoms with E-state index >= 15 is 0 Å². The van der Waals surface area contributed by atoms with Gasteiger partial charge >= 0.3 is 0 Å². The van der Waals surface area contributed by atoms with Crippen molar-refractivity contribution in [1.29, 1.82) is 0 Å². The smallest absolute Gasteiger partial charge is 0.261 e. The van der Waals surface area contributed by atoms with Crippen LogP contribution in [0.5, 0.6) is 5.88 Å². The Labute approximate surface area is 100 Å². The number of nitrogens with zero attached hydrogens (tertiary/aromatic N) is 2. The second-order valence-corrected chi connectivity index (χ2v) is 4.83. The van der Waals surface area contributed by atoms with E-state index in [1.54, 1.807) is 11.5 Å². The van der Waals surface area contributed by atoms with Gasteiger partial charge in [-0.05, 0) is 46.8 Å². The van der Waals surface area contributed by atoms with Gasteiger partial charge in [0, 0.05) is 12.1 Å². The van der Waals surface area contributed by atoms with E-state index in [1.807, 2.05) is 27.7 Å². The zero-order chi connectivity index (χ0) is 12.6. The lowest BCUT2D eigenvalue weighted by atomic mass is 10.3. The summed E-state index contributed by atoms with van der Waals surface area (Å²) in [7, 11) is 0. The summed E-state index contributed by atoms with van der Waals surface area (Å²) >= 11 is 5.24. The van der Waals surface area contributed by atoms with Crippen LogP contribution in [0.3, 0.4) is 0 Å². The molecular weight excluding hydrogens is 224 g/mol. The number of hydrogen-bond acceptors (Lipinski definition) is 3. The SMILES string of the molecule is Cc1c(O)n(C(C)C)c(=S)n(C(C)C)c1=O. The van der Waals surface area contributed by atoms with E-state index in [9.17, 15) is 9.90 Å². The molecule has 0 aliphatic carbocycles. The normalized spacial score (nSPS) is 11.4. The first-order valence-corrected chi connectivity index (χ1v) is 5.76. The highest BCUT2D eigenvalue weighted by Gasteiger charge is 2.16. The highest BCUT2D eigenvalue weighted by molar-refractivity contribution is 7.71. The predicted octanol–water partition coefficient (Wildman–Crippen LogP) is 2.56. The molecular formula is C11H18N2O2S. The van der Waals surface area contributed by atoms with E-state index in [4.69, 9.17) is 12.2 Å².